The topological polar surface area (TPSA) is 24.9 Å². The summed E-state index contributed by atoms with van der Waals surface area (Å²) in [6, 6.07) is 11.2. The van der Waals surface area contributed by atoms with Crippen LogP contribution in [0, 0.1) is 0 Å². The van der Waals surface area contributed by atoms with Crippen LogP contribution in [0.3, 0.4) is 0 Å². The van der Waals surface area contributed by atoms with E-state index < -0.39 is 11.9 Å². The minimum Gasteiger partial charge on any atom is -0.340 e. The van der Waals surface area contributed by atoms with Crippen molar-refractivity contribution in [3.63, 3.8) is 0 Å². The number of nitrogens with one attached hydrogen (secondary N) is 1. The van der Waals surface area contributed by atoms with Crippen molar-refractivity contribution < 1.29 is 13.2 Å². The van der Waals surface area contributed by atoms with Gasteiger partial charge >= 0.3 is 6.18 Å². The second-order valence-electron chi connectivity index (χ2n) is 4.36. The lowest BCUT2D eigenvalue weighted by Gasteiger charge is -2.14. The zero-order valence-corrected chi connectivity index (χ0v) is 10.8. The van der Waals surface area contributed by atoms with Gasteiger partial charge in [0.1, 0.15) is 11.5 Å². The smallest absolute Gasteiger partial charge is 0.340 e. The average molecular weight is 278 g/mol. The molecule has 2 rings (SSSR count). The number of benzene rings is 1. The number of pyridine rings is 1. The molecule has 0 aliphatic heterocycles. The molecule has 104 valence electrons. The normalized spacial score (nSPS) is 11.2. The van der Waals surface area contributed by atoms with Crippen molar-refractivity contribution in [2.24, 2.45) is 0 Å². The molecular formula is C15H13F3N2. The Labute approximate surface area is 115 Å². The van der Waals surface area contributed by atoms with E-state index in [2.05, 4.69) is 16.9 Å². The summed E-state index contributed by atoms with van der Waals surface area (Å²) < 4.78 is 38.2. The van der Waals surface area contributed by atoms with Gasteiger partial charge in [-0.3, -0.25) is 0 Å². The summed E-state index contributed by atoms with van der Waals surface area (Å²) in [7, 11) is 0. The number of anilines is 2. The Kier molecular flexibility index (Phi) is 3.79. The Bertz CT molecular complexity index is 619. The van der Waals surface area contributed by atoms with Gasteiger partial charge in [-0.2, -0.15) is 13.2 Å². The van der Waals surface area contributed by atoms with Crippen LogP contribution in [0.4, 0.5) is 24.7 Å². The van der Waals surface area contributed by atoms with Crippen LogP contribution in [0.5, 0.6) is 0 Å². The highest BCUT2D eigenvalue weighted by atomic mass is 19.4. The summed E-state index contributed by atoms with van der Waals surface area (Å²) in [5.41, 5.74) is 0.939. The van der Waals surface area contributed by atoms with Crippen molar-refractivity contribution in [1.29, 1.82) is 0 Å². The fourth-order valence-electron chi connectivity index (χ4n) is 1.71. The van der Waals surface area contributed by atoms with Crippen molar-refractivity contribution in [1.82, 2.24) is 4.98 Å². The second kappa shape index (κ2) is 5.36. The zero-order chi connectivity index (χ0) is 14.8. The van der Waals surface area contributed by atoms with Crippen molar-refractivity contribution >= 4 is 17.1 Å². The Balaban J connectivity index is 2.45. The highest BCUT2D eigenvalue weighted by molar-refractivity contribution is 5.74. The van der Waals surface area contributed by atoms with Crippen molar-refractivity contribution in [2.75, 3.05) is 5.32 Å². The summed E-state index contributed by atoms with van der Waals surface area (Å²) in [4.78, 5) is 3.66. The van der Waals surface area contributed by atoms with E-state index in [0.717, 1.165) is 6.07 Å². The monoisotopic (exact) mass is 278 g/mol. The average Bonchev–Trinajstić information content (AvgIpc) is 2.38. The van der Waals surface area contributed by atoms with Crippen molar-refractivity contribution in [3.8, 4) is 0 Å². The van der Waals surface area contributed by atoms with E-state index in [-0.39, 0.29) is 5.82 Å². The van der Waals surface area contributed by atoms with Gasteiger partial charge in [0.25, 0.3) is 0 Å². The fraction of sp³-hybridized carbons (Fsp3) is 0.133. The van der Waals surface area contributed by atoms with Crippen LogP contribution in [-0.4, -0.2) is 4.98 Å². The van der Waals surface area contributed by atoms with E-state index in [1.165, 1.54) is 6.07 Å². The van der Waals surface area contributed by atoms with Gasteiger partial charge in [-0.05, 0) is 36.8 Å². The molecular weight excluding hydrogens is 265 g/mol. The predicted octanol–water partition coefficient (Wildman–Crippen LogP) is 4.88. The highest BCUT2D eigenvalue weighted by Gasteiger charge is 2.33. The molecule has 1 N–H and O–H groups in total. The number of hydrogen-bond donors (Lipinski definition) is 1. The van der Waals surface area contributed by atoms with Gasteiger partial charge in [0.05, 0.1) is 0 Å². The lowest BCUT2D eigenvalue weighted by Crippen LogP contribution is -2.10. The minimum absolute atomic E-state index is 0.151. The molecule has 1 aromatic carbocycles. The van der Waals surface area contributed by atoms with Crippen LogP contribution in [0.15, 0.2) is 49.0 Å². The Morgan fingerprint density at radius 2 is 1.75 bits per heavy atom. The first-order chi connectivity index (χ1) is 9.38. The molecule has 20 heavy (non-hydrogen) atoms. The molecule has 0 spiro atoms. The number of para-hydroxylation sites is 1. The molecule has 0 bridgehead atoms. The molecule has 1 aromatic heterocycles. The molecule has 0 saturated heterocycles. The molecule has 0 unspecified atom stereocenters. The fourth-order valence-corrected chi connectivity index (χ4v) is 1.71. The Morgan fingerprint density at radius 1 is 1.10 bits per heavy atom. The SMILES string of the molecule is C=C(C)c1ccc(C(F)(F)F)nc1Nc1ccccc1. The van der Waals surface area contributed by atoms with Gasteiger partial charge in [0.2, 0.25) is 0 Å². The van der Waals surface area contributed by atoms with E-state index in [0.29, 0.717) is 16.8 Å². The molecule has 0 atom stereocenters. The van der Waals surface area contributed by atoms with Gasteiger partial charge < -0.3 is 5.32 Å². The maximum absolute atomic E-state index is 12.7. The van der Waals surface area contributed by atoms with E-state index >= 15 is 0 Å². The Morgan fingerprint density at radius 3 is 2.30 bits per heavy atom. The van der Waals surface area contributed by atoms with Gasteiger partial charge in [0, 0.05) is 11.3 Å². The van der Waals surface area contributed by atoms with E-state index in [1.54, 1.807) is 31.2 Å². The number of alkyl halides is 3. The van der Waals surface area contributed by atoms with Gasteiger partial charge in [-0.1, -0.05) is 24.8 Å². The molecule has 0 aliphatic carbocycles. The van der Waals surface area contributed by atoms with E-state index in [4.69, 9.17) is 0 Å². The molecule has 0 aliphatic rings. The van der Waals surface area contributed by atoms with Crippen molar-refractivity contribution in [3.05, 3.63) is 60.3 Å². The van der Waals surface area contributed by atoms with Crippen LogP contribution in [0.2, 0.25) is 0 Å². The summed E-state index contributed by atoms with van der Waals surface area (Å²) in [5, 5.41) is 2.89. The molecule has 1 heterocycles. The molecule has 0 fully saturated rings. The molecule has 2 aromatic rings. The lowest BCUT2D eigenvalue weighted by molar-refractivity contribution is -0.141. The van der Waals surface area contributed by atoms with Crippen molar-refractivity contribution in [2.45, 2.75) is 13.1 Å². The zero-order valence-electron chi connectivity index (χ0n) is 10.8. The third-order valence-electron chi connectivity index (χ3n) is 2.68. The highest BCUT2D eigenvalue weighted by Crippen LogP contribution is 2.32. The minimum atomic E-state index is -4.47. The largest absolute Gasteiger partial charge is 0.433 e. The van der Waals surface area contributed by atoms with Crippen LogP contribution in [-0.2, 0) is 6.18 Å². The van der Waals surface area contributed by atoms with Crippen LogP contribution >= 0.6 is 0 Å². The molecule has 2 nitrogen and oxygen atoms in total. The second-order valence-corrected chi connectivity index (χ2v) is 4.36. The summed E-state index contributed by atoms with van der Waals surface area (Å²) in [6.45, 7) is 5.48. The van der Waals surface area contributed by atoms with E-state index in [9.17, 15) is 13.2 Å². The first-order valence-corrected chi connectivity index (χ1v) is 5.94. The summed E-state index contributed by atoms with van der Waals surface area (Å²) in [5.74, 6) is 0.151. The van der Waals surface area contributed by atoms with Gasteiger partial charge in [-0.25, -0.2) is 4.98 Å². The number of halogens is 3. The maximum atomic E-state index is 12.7. The lowest BCUT2D eigenvalue weighted by atomic mass is 10.1. The molecule has 0 radical (unpaired) electrons. The first-order valence-electron chi connectivity index (χ1n) is 5.94. The third-order valence-corrected chi connectivity index (χ3v) is 2.68. The van der Waals surface area contributed by atoms with Crippen LogP contribution < -0.4 is 5.32 Å². The molecule has 0 saturated carbocycles. The molecule has 0 amide bonds. The maximum Gasteiger partial charge on any atom is 0.433 e. The number of nitrogens with zero attached hydrogens (tertiary/aromatic N) is 1. The number of allylic oxidation sites excluding steroid dienone is 1. The summed E-state index contributed by atoms with van der Waals surface area (Å²) >= 11 is 0. The van der Waals surface area contributed by atoms with Crippen LogP contribution in [0.1, 0.15) is 18.2 Å². The number of hydrogen-bond acceptors (Lipinski definition) is 2. The van der Waals surface area contributed by atoms with E-state index in [1.807, 2.05) is 6.07 Å². The number of aromatic nitrogens is 1. The molecule has 5 heteroatoms. The first kappa shape index (κ1) is 14.1. The predicted molar refractivity (Wildman–Crippen MR) is 73.7 cm³/mol. The summed E-state index contributed by atoms with van der Waals surface area (Å²) in [6.07, 6.45) is -4.47. The quantitative estimate of drug-likeness (QED) is 0.865. The van der Waals surface area contributed by atoms with Gasteiger partial charge in [0.15, 0.2) is 0 Å². The number of rotatable bonds is 3. The Hall–Kier alpha value is -2.30. The third kappa shape index (κ3) is 3.17. The van der Waals surface area contributed by atoms with Gasteiger partial charge in [-0.15, -0.1) is 0 Å². The standard InChI is InChI=1S/C15H13F3N2/c1-10(2)12-8-9-13(15(16,17)18)20-14(12)19-11-6-4-3-5-7-11/h3-9H,1H2,2H3,(H,19,20). The van der Waals surface area contributed by atoms with Crippen LogP contribution in [0.25, 0.3) is 5.57 Å².